The number of aliphatic hydroxyl groups excluding tert-OH is 1. The van der Waals surface area contributed by atoms with Crippen LogP contribution >= 0.6 is 0 Å². The summed E-state index contributed by atoms with van der Waals surface area (Å²) in [4.78, 5) is 0. The van der Waals surface area contributed by atoms with Crippen molar-refractivity contribution < 1.29 is 13.9 Å². The minimum absolute atomic E-state index is 0.105. The van der Waals surface area contributed by atoms with Crippen LogP contribution in [-0.4, -0.2) is 18.2 Å². The Hall–Kier alpha value is -1.00. The summed E-state index contributed by atoms with van der Waals surface area (Å²) in [5.74, 6) is -1.37. The molecule has 0 aliphatic heterocycles. The van der Waals surface area contributed by atoms with E-state index in [1.54, 1.807) is 14.0 Å². The Morgan fingerprint density at radius 3 is 2.50 bits per heavy atom. The summed E-state index contributed by atoms with van der Waals surface area (Å²) < 4.78 is 25.7. The van der Waals surface area contributed by atoms with E-state index < -0.39 is 17.7 Å². The highest BCUT2D eigenvalue weighted by molar-refractivity contribution is 5.21. The van der Waals surface area contributed by atoms with Gasteiger partial charge in [0.05, 0.1) is 6.10 Å². The van der Waals surface area contributed by atoms with E-state index >= 15 is 0 Å². The first-order valence-corrected chi connectivity index (χ1v) is 4.36. The second-order valence-electron chi connectivity index (χ2n) is 3.19. The summed E-state index contributed by atoms with van der Waals surface area (Å²) in [6.45, 7) is 1.72. The normalized spacial score (nSPS) is 15.2. The molecule has 0 heterocycles. The maximum atomic E-state index is 13.2. The van der Waals surface area contributed by atoms with E-state index in [0.717, 1.165) is 12.1 Å². The highest BCUT2D eigenvalue weighted by Gasteiger charge is 2.18. The molecule has 2 unspecified atom stereocenters. The zero-order valence-electron chi connectivity index (χ0n) is 8.09. The standard InChI is InChI=1S/C10H13F2NO/c1-6(13-2)10(14)8-4-3-7(11)5-9(8)12/h3-6,10,13-14H,1-2H3. The van der Waals surface area contributed by atoms with Crippen LogP contribution in [0.1, 0.15) is 18.6 Å². The van der Waals surface area contributed by atoms with Gasteiger partial charge in [-0.25, -0.2) is 8.78 Å². The third kappa shape index (κ3) is 2.27. The first kappa shape index (κ1) is 11.1. The van der Waals surface area contributed by atoms with Crippen LogP contribution < -0.4 is 5.32 Å². The molecule has 0 spiro atoms. The Morgan fingerprint density at radius 2 is 2.00 bits per heavy atom. The van der Waals surface area contributed by atoms with Crippen LogP contribution in [0.2, 0.25) is 0 Å². The quantitative estimate of drug-likeness (QED) is 0.778. The van der Waals surface area contributed by atoms with Gasteiger partial charge in [-0.1, -0.05) is 6.07 Å². The first-order chi connectivity index (χ1) is 6.56. The topological polar surface area (TPSA) is 32.3 Å². The smallest absolute Gasteiger partial charge is 0.131 e. The van der Waals surface area contributed by atoms with Crippen LogP contribution in [0.25, 0.3) is 0 Å². The van der Waals surface area contributed by atoms with E-state index in [0.29, 0.717) is 0 Å². The summed E-state index contributed by atoms with van der Waals surface area (Å²) in [5.41, 5.74) is 0.105. The van der Waals surface area contributed by atoms with Gasteiger partial charge in [0.2, 0.25) is 0 Å². The van der Waals surface area contributed by atoms with Crippen molar-refractivity contribution in [3.05, 3.63) is 35.4 Å². The molecule has 14 heavy (non-hydrogen) atoms. The first-order valence-electron chi connectivity index (χ1n) is 4.36. The summed E-state index contributed by atoms with van der Waals surface area (Å²) >= 11 is 0. The van der Waals surface area contributed by atoms with Gasteiger partial charge in [0.25, 0.3) is 0 Å². The minimum atomic E-state index is -0.972. The van der Waals surface area contributed by atoms with Crippen molar-refractivity contribution >= 4 is 0 Å². The monoisotopic (exact) mass is 201 g/mol. The van der Waals surface area contributed by atoms with E-state index in [-0.39, 0.29) is 11.6 Å². The Bertz CT molecular complexity index is 317. The maximum Gasteiger partial charge on any atom is 0.131 e. The Labute approximate surface area is 81.6 Å². The molecular weight excluding hydrogens is 188 g/mol. The molecular formula is C10H13F2NO. The Morgan fingerprint density at radius 1 is 1.36 bits per heavy atom. The van der Waals surface area contributed by atoms with Gasteiger partial charge in [-0.05, 0) is 20.0 Å². The Kier molecular flexibility index (Phi) is 3.55. The SMILES string of the molecule is CNC(C)C(O)c1ccc(F)cc1F. The minimum Gasteiger partial charge on any atom is -0.387 e. The fourth-order valence-electron chi connectivity index (χ4n) is 1.17. The van der Waals surface area contributed by atoms with Gasteiger partial charge in [0.1, 0.15) is 11.6 Å². The van der Waals surface area contributed by atoms with E-state index in [2.05, 4.69) is 5.32 Å². The van der Waals surface area contributed by atoms with Crippen molar-refractivity contribution in [2.45, 2.75) is 19.1 Å². The van der Waals surface area contributed by atoms with E-state index in [9.17, 15) is 13.9 Å². The number of likely N-dealkylation sites (N-methyl/N-ethyl adjacent to an activating group) is 1. The maximum absolute atomic E-state index is 13.2. The average Bonchev–Trinajstić information content (AvgIpc) is 2.15. The number of benzene rings is 1. The third-order valence-electron chi connectivity index (χ3n) is 2.21. The van der Waals surface area contributed by atoms with Crippen molar-refractivity contribution in [2.75, 3.05) is 7.05 Å². The molecule has 0 saturated heterocycles. The molecule has 0 aliphatic carbocycles. The van der Waals surface area contributed by atoms with Crippen LogP contribution in [-0.2, 0) is 0 Å². The zero-order valence-corrected chi connectivity index (χ0v) is 8.09. The number of halogens is 2. The molecule has 1 aromatic carbocycles. The predicted molar refractivity (Wildman–Crippen MR) is 49.8 cm³/mol. The molecule has 0 aliphatic rings. The average molecular weight is 201 g/mol. The lowest BCUT2D eigenvalue weighted by Crippen LogP contribution is -2.29. The summed E-state index contributed by atoms with van der Waals surface area (Å²) in [6.07, 6.45) is -0.972. The molecule has 78 valence electrons. The summed E-state index contributed by atoms with van der Waals surface area (Å²) in [5, 5.41) is 12.4. The van der Waals surface area contributed by atoms with Crippen LogP contribution in [0.15, 0.2) is 18.2 Å². The lowest BCUT2D eigenvalue weighted by atomic mass is 10.0. The molecule has 0 bridgehead atoms. The zero-order chi connectivity index (χ0) is 10.7. The second kappa shape index (κ2) is 4.48. The molecule has 2 atom stereocenters. The van der Waals surface area contributed by atoms with Crippen molar-refractivity contribution in [1.29, 1.82) is 0 Å². The van der Waals surface area contributed by atoms with Gasteiger partial charge >= 0.3 is 0 Å². The van der Waals surface area contributed by atoms with Crippen LogP contribution in [0.3, 0.4) is 0 Å². The van der Waals surface area contributed by atoms with Gasteiger partial charge in [-0.3, -0.25) is 0 Å². The van der Waals surface area contributed by atoms with Crippen molar-refractivity contribution in [2.24, 2.45) is 0 Å². The number of rotatable bonds is 3. The van der Waals surface area contributed by atoms with Crippen molar-refractivity contribution in [3.63, 3.8) is 0 Å². The van der Waals surface area contributed by atoms with Crippen molar-refractivity contribution in [1.82, 2.24) is 5.32 Å². The molecule has 1 rings (SSSR count). The highest BCUT2D eigenvalue weighted by Crippen LogP contribution is 2.20. The fraction of sp³-hybridized carbons (Fsp3) is 0.400. The van der Waals surface area contributed by atoms with Gasteiger partial charge < -0.3 is 10.4 Å². The molecule has 0 aromatic heterocycles. The molecule has 0 saturated carbocycles. The number of hydrogen-bond acceptors (Lipinski definition) is 2. The van der Waals surface area contributed by atoms with Gasteiger partial charge in [0, 0.05) is 17.7 Å². The van der Waals surface area contributed by atoms with Gasteiger partial charge in [0.15, 0.2) is 0 Å². The Balaban J connectivity index is 2.95. The van der Waals surface area contributed by atoms with Gasteiger partial charge in [-0.2, -0.15) is 0 Å². The van der Waals surface area contributed by atoms with E-state index in [1.165, 1.54) is 6.07 Å². The predicted octanol–water partition coefficient (Wildman–Crippen LogP) is 1.61. The summed E-state index contributed by atoms with van der Waals surface area (Å²) in [6, 6.07) is 2.86. The van der Waals surface area contributed by atoms with E-state index in [4.69, 9.17) is 0 Å². The molecule has 2 nitrogen and oxygen atoms in total. The van der Waals surface area contributed by atoms with Crippen LogP contribution in [0.4, 0.5) is 8.78 Å². The van der Waals surface area contributed by atoms with Gasteiger partial charge in [-0.15, -0.1) is 0 Å². The molecule has 0 fully saturated rings. The number of hydrogen-bond donors (Lipinski definition) is 2. The highest BCUT2D eigenvalue weighted by atomic mass is 19.1. The largest absolute Gasteiger partial charge is 0.387 e. The second-order valence-corrected chi connectivity index (χ2v) is 3.19. The van der Waals surface area contributed by atoms with Crippen LogP contribution in [0, 0.1) is 11.6 Å². The van der Waals surface area contributed by atoms with Crippen LogP contribution in [0.5, 0.6) is 0 Å². The van der Waals surface area contributed by atoms with E-state index in [1.807, 2.05) is 0 Å². The molecule has 0 amide bonds. The lowest BCUT2D eigenvalue weighted by Gasteiger charge is -2.18. The number of nitrogens with one attached hydrogen (secondary N) is 1. The molecule has 0 radical (unpaired) electrons. The van der Waals surface area contributed by atoms with Crippen molar-refractivity contribution in [3.8, 4) is 0 Å². The lowest BCUT2D eigenvalue weighted by molar-refractivity contribution is 0.136. The molecule has 4 heteroatoms. The third-order valence-corrected chi connectivity index (χ3v) is 2.21. The summed E-state index contributed by atoms with van der Waals surface area (Å²) in [7, 11) is 1.66. The fourth-order valence-corrected chi connectivity index (χ4v) is 1.17. The number of aliphatic hydroxyl groups is 1. The molecule has 1 aromatic rings. The molecule has 2 N–H and O–H groups in total.